The topological polar surface area (TPSA) is 116 Å². The lowest BCUT2D eigenvalue weighted by atomic mass is 9.83. The van der Waals surface area contributed by atoms with Crippen LogP contribution in [0.2, 0.25) is 0 Å². The second-order valence-electron chi connectivity index (χ2n) is 5.41. The van der Waals surface area contributed by atoms with Gasteiger partial charge < -0.3 is 5.11 Å². The van der Waals surface area contributed by atoms with Crippen LogP contribution in [0.5, 0.6) is 0 Å². The Morgan fingerprint density at radius 3 is 2.70 bits per heavy atom. The van der Waals surface area contributed by atoms with Crippen molar-refractivity contribution in [3.05, 3.63) is 41.7 Å². The van der Waals surface area contributed by atoms with E-state index in [0.29, 0.717) is 37.9 Å². The summed E-state index contributed by atoms with van der Waals surface area (Å²) in [5.74, 6) is -1.41. The first-order valence-corrected chi connectivity index (χ1v) is 7.59. The summed E-state index contributed by atoms with van der Waals surface area (Å²) in [5.41, 5.74) is 1.03. The van der Waals surface area contributed by atoms with Gasteiger partial charge in [-0.3, -0.25) is 4.79 Å². The van der Waals surface area contributed by atoms with Crippen molar-refractivity contribution in [2.75, 3.05) is 0 Å². The molecule has 0 bridgehead atoms. The third kappa shape index (κ3) is 4.88. The number of carboxylic acids is 1. The number of hydrogen-bond acceptors (Lipinski definition) is 5. The van der Waals surface area contributed by atoms with Gasteiger partial charge in [0.15, 0.2) is 5.82 Å². The number of carbonyl (C=O) groups is 1. The second-order valence-corrected chi connectivity index (χ2v) is 5.41. The molecule has 2 aromatic rings. The fourth-order valence-electron chi connectivity index (χ4n) is 2.67. The predicted molar refractivity (Wildman–Crippen MR) is 82.3 cm³/mol. The molecule has 1 aromatic heterocycles. The molecule has 2 atom stereocenters. The SMILES string of the molecule is N#CCCCCC(C(=O)O)C(Cc1ccccc1)c1nn[nH]n1. The van der Waals surface area contributed by atoms with Gasteiger partial charge in [0, 0.05) is 12.3 Å². The zero-order valence-electron chi connectivity index (χ0n) is 12.7. The molecule has 0 radical (unpaired) electrons. The van der Waals surface area contributed by atoms with E-state index < -0.39 is 11.9 Å². The Morgan fingerprint density at radius 2 is 2.09 bits per heavy atom. The molecule has 0 aliphatic heterocycles. The summed E-state index contributed by atoms with van der Waals surface area (Å²) in [6.45, 7) is 0. The lowest BCUT2D eigenvalue weighted by molar-refractivity contribution is -0.143. The van der Waals surface area contributed by atoms with Crippen molar-refractivity contribution in [3.8, 4) is 6.07 Å². The summed E-state index contributed by atoms with van der Waals surface area (Å²) in [6, 6.07) is 11.8. The molecule has 2 rings (SSSR count). The van der Waals surface area contributed by atoms with Crippen LogP contribution in [-0.4, -0.2) is 31.7 Å². The molecule has 0 aliphatic carbocycles. The van der Waals surface area contributed by atoms with E-state index in [4.69, 9.17) is 5.26 Å². The zero-order chi connectivity index (χ0) is 16.5. The van der Waals surface area contributed by atoms with E-state index in [-0.39, 0.29) is 5.92 Å². The maximum absolute atomic E-state index is 11.7. The number of nitrogens with one attached hydrogen (secondary N) is 1. The molecule has 1 heterocycles. The molecule has 0 amide bonds. The van der Waals surface area contributed by atoms with Crippen molar-refractivity contribution >= 4 is 5.97 Å². The number of nitrogens with zero attached hydrogens (tertiary/aromatic N) is 4. The Bertz CT molecular complexity index is 636. The molecule has 0 fully saturated rings. The molecule has 2 unspecified atom stereocenters. The zero-order valence-corrected chi connectivity index (χ0v) is 12.7. The van der Waals surface area contributed by atoms with Crippen molar-refractivity contribution in [1.82, 2.24) is 20.6 Å². The average Bonchev–Trinajstić information content (AvgIpc) is 3.08. The fraction of sp³-hybridized carbons (Fsp3) is 0.438. The van der Waals surface area contributed by atoms with Crippen LogP contribution in [0.15, 0.2) is 30.3 Å². The number of H-pyrrole nitrogens is 1. The molecule has 0 spiro atoms. The number of nitriles is 1. The van der Waals surface area contributed by atoms with Crippen LogP contribution in [-0.2, 0) is 11.2 Å². The number of unbranched alkanes of at least 4 members (excludes halogenated alkanes) is 2. The number of carboxylic acid groups (broad SMARTS) is 1. The minimum Gasteiger partial charge on any atom is -0.481 e. The summed E-state index contributed by atoms with van der Waals surface area (Å²) in [6.07, 6.45) is 2.86. The first-order valence-electron chi connectivity index (χ1n) is 7.59. The highest BCUT2D eigenvalue weighted by atomic mass is 16.4. The van der Waals surface area contributed by atoms with Gasteiger partial charge in [0.05, 0.1) is 12.0 Å². The molecule has 7 heteroatoms. The van der Waals surface area contributed by atoms with Crippen LogP contribution in [0.1, 0.15) is 43.0 Å². The van der Waals surface area contributed by atoms with E-state index in [1.54, 1.807) is 0 Å². The van der Waals surface area contributed by atoms with Gasteiger partial charge in [0.2, 0.25) is 0 Å². The highest BCUT2D eigenvalue weighted by Gasteiger charge is 2.32. The third-order valence-corrected chi connectivity index (χ3v) is 3.85. The number of aromatic amines is 1. The number of tetrazole rings is 1. The van der Waals surface area contributed by atoms with Crippen LogP contribution in [0.4, 0.5) is 0 Å². The molecular weight excluding hydrogens is 294 g/mol. The van der Waals surface area contributed by atoms with Gasteiger partial charge in [0.25, 0.3) is 0 Å². The van der Waals surface area contributed by atoms with Crippen LogP contribution < -0.4 is 0 Å². The summed E-state index contributed by atoms with van der Waals surface area (Å²) in [7, 11) is 0. The molecule has 7 nitrogen and oxygen atoms in total. The lowest BCUT2D eigenvalue weighted by Gasteiger charge is -2.21. The molecule has 0 aliphatic rings. The number of aromatic nitrogens is 4. The van der Waals surface area contributed by atoms with Gasteiger partial charge in [-0.05, 0) is 24.8 Å². The Hall–Kier alpha value is -2.75. The van der Waals surface area contributed by atoms with E-state index >= 15 is 0 Å². The maximum Gasteiger partial charge on any atom is 0.307 e. The molecule has 120 valence electrons. The summed E-state index contributed by atoms with van der Waals surface area (Å²) >= 11 is 0. The smallest absolute Gasteiger partial charge is 0.307 e. The number of rotatable bonds is 9. The Kier molecular flexibility index (Phi) is 6.24. The van der Waals surface area contributed by atoms with Crippen molar-refractivity contribution in [3.63, 3.8) is 0 Å². The van der Waals surface area contributed by atoms with Gasteiger partial charge in [0.1, 0.15) is 0 Å². The first-order chi connectivity index (χ1) is 11.2. The molecule has 23 heavy (non-hydrogen) atoms. The molecule has 1 aromatic carbocycles. The standard InChI is InChI=1S/C16H19N5O2/c17-10-6-2-5-9-13(16(22)23)14(15-18-20-21-19-15)11-12-7-3-1-4-8-12/h1,3-4,7-8,13-14H,2,5-6,9,11H2,(H,22,23)(H,18,19,20,21). The number of benzene rings is 1. The molecule has 2 N–H and O–H groups in total. The van der Waals surface area contributed by atoms with Crippen LogP contribution >= 0.6 is 0 Å². The minimum atomic E-state index is -0.868. The van der Waals surface area contributed by atoms with Crippen molar-refractivity contribution in [2.24, 2.45) is 5.92 Å². The second kappa shape index (κ2) is 8.63. The van der Waals surface area contributed by atoms with Crippen molar-refractivity contribution < 1.29 is 9.90 Å². The van der Waals surface area contributed by atoms with Gasteiger partial charge >= 0.3 is 5.97 Å². The van der Waals surface area contributed by atoms with E-state index in [2.05, 4.69) is 26.7 Å². The highest BCUT2D eigenvalue weighted by Crippen LogP contribution is 2.30. The van der Waals surface area contributed by atoms with Gasteiger partial charge in [-0.2, -0.15) is 10.5 Å². The molecule has 0 saturated carbocycles. The van der Waals surface area contributed by atoms with E-state index in [9.17, 15) is 9.90 Å². The predicted octanol–water partition coefficient (Wildman–Crippen LogP) is 2.31. The number of aliphatic carboxylic acids is 1. The maximum atomic E-state index is 11.7. The molecular formula is C16H19N5O2. The summed E-state index contributed by atoms with van der Waals surface area (Å²) in [5, 5.41) is 32.2. The van der Waals surface area contributed by atoms with Crippen LogP contribution in [0.25, 0.3) is 0 Å². The van der Waals surface area contributed by atoms with Crippen LogP contribution in [0, 0.1) is 17.2 Å². The third-order valence-electron chi connectivity index (χ3n) is 3.85. The first kappa shape index (κ1) is 16.6. The van der Waals surface area contributed by atoms with Crippen LogP contribution in [0.3, 0.4) is 0 Å². The van der Waals surface area contributed by atoms with E-state index in [0.717, 1.165) is 5.56 Å². The normalized spacial score (nSPS) is 13.2. The Morgan fingerprint density at radius 1 is 1.30 bits per heavy atom. The average molecular weight is 313 g/mol. The summed E-state index contributed by atoms with van der Waals surface area (Å²) in [4.78, 5) is 11.7. The van der Waals surface area contributed by atoms with E-state index in [1.165, 1.54) is 0 Å². The van der Waals surface area contributed by atoms with Gasteiger partial charge in [-0.25, -0.2) is 0 Å². The Balaban J connectivity index is 2.16. The van der Waals surface area contributed by atoms with E-state index in [1.807, 2.05) is 30.3 Å². The minimum absolute atomic E-state index is 0.351. The Labute approximate surface area is 134 Å². The fourth-order valence-corrected chi connectivity index (χ4v) is 2.67. The monoisotopic (exact) mass is 313 g/mol. The summed E-state index contributed by atoms with van der Waals surface area (Å²) < 4.78 is 0. The molecule has 0 saturated heterocycles. The van der Waals surface area contributed by atoms with Crippen molar-refractivity contribution in [2.45, 2.75) is 38.0 Å². The number of hydrogen-bond donors (Lipinski definition) is 2. The lowest BCUT2D eigenvalue weighted by Crippen LogP contribution is -2.25. The highest BCUT2D eigenvalue weighted by molar-refractivity contribution is 5.71. The van der Waals surface area contributed by atoms with Gasteiger partial charge in [-0.1, -0.05) is 42.0 Å². The largest absolute Gasteiger partial charge is 0.481 e. The quantitative estimate of drug-likeness (QED) is 0.686. The van der Waals surface area contributed by atoms with Crippen molar-refractivity contribution in [1.29, 1.82) is 5.26 Å². The van der Waals surface area contributed by atoms with Gasteiger partial charge in [-0.15, -0.1) is 10.2 Å².